The van der Waals surface area contributed by atoms with Crippen LogP contribution in [0.25, 0.3) is 16.7 Å². The molecule has 1 N–H and O–H groups in total. The van der Waals surface area contributed by atoms with Crippen LogP contribution >= 0.6 is 35.0 Å². The Morgan fingerprint density at radius 3 is 2.70 bits per heavy atom. The third kappa shape index (κ3) is 3.78. The number of fused-ring (bicyclic) bond motifs is 3. The molecule has 0 aliphatic rings. The summed E-state index contributed by atoms with van der Waals surface area (Å²) in [5.41, 5.74) is 1.42. The van der Waals surface area contributed by atoms with Crippen molar-refractivity contribution < 1.29 is 4.79 Å². The fourth-order valence-corrected chi connectivity index (χ4v) is 4.24. The first-order valence-electron chi connectivity index (χ1n) is 9.07. The fourth-order valence-electron chi connectivity index (χ4n) is 3.18. The van der Waals surface area contributed by atoms with Gasteiger partial charge in [0.2, 0.25) is 11.7 Å². The Labute approximate surface area is 186 Å². The van der Waals surface area contributed by atoms with Gasteiger partial charge in [-0.3, -0.25) is 18.6 Å². The van der Waals surface area contributed by atoms with Gasteiger partial charge in [-0.2, -0.15) is 0 Å². The summed E-state index contributed by atoms with van der Waals surface area (Å²) in [7, 11) is 1.65. The summed E-state index contributed by atoms with van der Waals surface area (Å²) in [6, 6.07) is 12.3. The number of aryl methyl sites for hydroxylation is 1. The lowest BCUT2D eigenvalue weighted by Crippen LogP contribution is -2.28. The molecule has 0 saturated heterocycles. The van der Waals surface area contributed by atoms with Crippen LogP contribution in [0.2, 0.25) is 10.0 Å². The molecule has 4 aromatic rings. The van der Waals surface area contributed by atoms with Crippen LogP contribution in [-0.2, 0) is 11.8 Å². The van der Waals surface area contributed by atoms with Crippen LogP contribution in [0.3, 0.4) is 0 Å². The number of nitrogens with one attached hydrogen (secondary N) is 1. The van der Waals surface area contributed by atoms with Crippen molar-refractivity contribution in [3.63, 3.8) is 0 Å². The minimum absolute atomic E-state index is 0.142. The number of nitrogens with zero attached hydrogens (tertiary/aromatic N) is 4. The second-order valence-corrected chi connectivity index (χ2v) is 8.51. The average Bonchev–Trinajstić information content (AvgIpc) is 3.16. The van der Waals surface area contributed by atoms with Crippen LogP contribution < -0.4 is 10.9 Å². The van der Waals surface area contributed by atoms with Gasteiger partial charge in [0.05, 0.1) is 32.7 Å². The van der Waals surface area contributed by atoms with Gasteiger partial charge in [-0.05, 0) is 36.8 Å². The summed E-state index contributed by atoms with van der Waals surface area (Å²) < 4.78 is 3.24. The van der Waals surface area contributed by atoms with Gasteiger partial charge in [0.1, 0.15) is 0 Å². The van der Waals surface area contributed by atoms with Gasteiger partial charge >= 0.3 is 0 Å². The van der Waals surface area contributed by atoms with Gasteiger partial charge in [-0.25, -0.2) is 0 Å². The van der Waals surface area contributed by atoms with E-state index < -0.39 is 0 Å². The molecule has 0 spiro atoms. The van der Waals surface area contributed by atoms with Crippen molar-refractivity contribution in [1.82, 2.24) is 24.5 Å². The lowest BCUT2D eigenvalue weighted by molar-refractivity contribution is -0.119. The minimum atomic E-state index is -0.232. The molecule has 154 valence electrons. The molecule has 2 aromatic carbocycles. The number of benzene rings is 2. The summed E-state index contributed by atoms with van der Waals surface area (Å²) in [5.74, 6) is 0.402. The summed E-state index contributed by atoms with van der Waals surface area (Å²) in [6.45, 7) is 1.87. The van der Waals surface area contributed by atoms with Crippen molar-refractivity contribution in [2.75, 3.05) is 5.75 Å². The molecule has 1 amide bonds. The summed E-state index contributed by atoms with van der Waals surface area (Å²) in [4.78, 5) is 25.0. The number of hydrogen-bond donors (Lipinski definition) is 1. The van der Waals surface area contributed by atoms with Gasteiger partial charge < -0.3 is 5.32 Å². The number of carbonyl (C=O) groups excluding carboxylic acids is 1. The Hall–Kier alpha value is -2.55. The van der Waals surface area contributed by atoms with E-state index in [0.717, 1.165) is 5.56 Å². The predicted octanol–water partition coefficient (Wildman–Crippen LogP) is 3.86. The number of carbonyl (C=O) groups is 1. The molecular formula is C20H17Cl2N5O2S. The van der Waals surface area contributed by atoms with Crippen molar-refractivity contribution in [3.8, 4) is 0 Å². The minimum Gasteiger partial charge on any atom is -0.349 e. The van der Waals surface area contributed by atoms with E-state index in [0.29, 0.717) is 31.9 Å². The number of rotatable bonds is 5. The Kier molecular flexibility index (Phi) is 5.73. The molecule has 2 heterocycles. The van der Waals surface area contributed by atoms with Crippen molar-refractivity contribution in [3.05, 3.63) is 68.4 Å². The van der Waals surface area contributed by atoms with Crippen molar-refractivity contribution in [2.24, 2.45) is 7.05 Å². The normalized spacial score (nSPS) is 12.4. The Balaban J connectivity index is 1.54. The van der Waals surface area contributed by atoms with Crippen LogP contribution in [-0.4, -0.2) is 30.8 Å². The zero-order valence-electron chi connectivity index (χ0n) is 16.1. The standard InChI is InChI=1S/C20H17Cl2N5O2S/c1-11(12-7-8-14(21)15(22)9-12)23-17(28)10-30-20-25-24-19-26(2)18(29)13-5-3-4-6-16(13)27(19)20/h3-9,11H,10H2,1-2H3,(H,23,28). The van der Waals surface area contributed by atoms with E-state index in [1.165, 1.54) is 16.3 Å². The highest BCUT2D eigenvalue weighted by Crippen LogP contribution is 2.26. The van der Waals surface area contributed by atoms with Gasteiger partial charge in [-0.15, -0.1) is 10.2 Å². The van der Waals surface area contributed by atoms with Gasteiger partial charge in [0.15, 0.2) is 5.16 Å². The average molecular weight is 462 g/mol. The smallest absolute Gasteiger partial charge is 0.262 e. The summed E-state index contributed by atoms with van der Waals surface area (Å²) in [6.07, 6.45) is 0. The SMILES string of the molecule is CC(NC(=O)CSc1nnc2n(C)c(=O)c3ccccc3n12)c1ccc(Cl)c(Cl)c1. The van der Waals surface area contributed by atoms with Crippen LogP contribution in [0.15, 0.2) is 52.4 Å². The highest BCUT2D eigenvalue weighted by Gasteiger charge is 2.17. The van der Waals surface area contributed by atoms with E-state index in [1.807, 2.05) is 31.2 Å². The Morgan fingerprint density at radius 1 is 1.17 bits per heavy atom. The first kappa shape index (κ1) is 20.7. The third-order valence-electron chi connectivity index (χ3n) is 4.75. The zero-order chi connectivity index (χ0) is 21.4. The molecule has 0 aliphatic carbocycles. The van der Waals surface area contributed by atoms with Crippen LogP contribution in [0.4, 0.5) is 0 Å². The first-order chi connectivity index (χ1) is 14.4. The van der Waals surface area contributed by atoms with E-state index in [1.54, 1.807) is 29.6 Å². The molecule has 10 heteroatoms. The number of halogens is 2. The number of amides is 1. The monoisotopic (exact) mass is 461 g/mol. The lowest BCUT2D eigenvalue weighted by Gasteiger charge is -2.15. The van der Waals surface area contributed by atoms with Gasteiger partial charge in [-0.1, -0.05) is 53.2 Å². The maximum absolute atomic E-state index is 12.5. The maximum atomic E-state index is 12.5. The molecule has 2 aromatic heterocycles. The van der Waals surface area contributed by atoms with Crippen LogP contribution in [0.1, 0.15) is 18.5 Å². The van der Waals surface area contributed by atoms with Crippen molar-refractivity contribution in [2.45, 2.75) is 18.1 Å². The molecule has 1 unspecified atom stereocenters. The van der Waals surface area contributed by atoms with Gasteiger partial charge in [0, 0.05) is 7.05 Å². The molecule has 0 radical (unpaired) electrons. The van der Waals surface area contributed by atoms with E-state index in [4.69, 9.17) is 23.2 Å². The van der Waals surface area contributed by atoms with E-state index in [-0.39, 0.29) is 23.3 Å². The lowest BCUT2D eigenvalue weighted by atomic mass is 10.1. The van der Waals surface area contributed by atoms with E-state index in [9.17, 15) is 9.59 Å². The molecule has 0 bridgehead atoms. The fraction of sp³-hybridized carbons (Fsp3) is 0.200. The van der Waals surface area contributed by atoms with Crippen LogP contribution in [0.5, 0.6) is 0 Å². The molecule has 7 nitrogen and oxygen atoms in total. The number of para-hydroxylation sites is 1. The van der Waals surface area contributed by atoms with Gasteiger partial charge in [0.25, 0.3) is 5.56 Å². The van der Waals surface area contributed by atoms with E-state index in [2.05, 4.69) is 15.5 Å². The Bertz CT molecular complexity index is 1330. The molecule has 4 rings (SSSR count). The molecule has 1 atom stereocenters. The summed E-state index contributed by atoms with van der Waals surface area (Å²) in [5, 5.41) is 13.3. The molecule has 0 fully saturated rings. The molecular weight excluding hydrogens is 445 g/mol. The summed E-state index contributed by atoms with van der Waals surface area (Å²) >= 11 is 13.3. The third-order valence-corrected chi connectivity index (χ3v) is 6.42. The molecule has 0 aliphatic heterocycles. The second-order valence-electron chi connectivity index (χ2n) is 6.75. The topological polar surface area (TPSA) is 81.3 Å². The number of thioether (sulfide) groups is 1. The highest BCUT2D eigenvalue weighted by molar-refractivity contribution is 7.99. The second kappa shape index (κ2) is 8.29. The highest BCUT2D eigenvalue weighted by atomic mass is 35.5. The largest absolute Gasteiger partial charge is 0.349 e. The van der Waals surface area contributed by atoms with E-state index >= 15 is 0 Å². The van der Waals surface area contributed by atoms with Crippen molar-refractivity contribution >= 4 is 57.6 Å². The predicted molar refractivity (Wildman–Crippen MR) is 119 cm³/mol. The van der Waals surface area contributed by atoms with Crippen molar-refractivity contribution in [1.29, 1.82) is 0 Å². The van der Waals surface area contributed by atoms with Crippen LogP contribution in [0, 0.1) is 0 Å². The zero-order valence-corrected chi connectivity index (χ0v) is 18.4. The maximum Gasteiger partial charge on any atom is 0.262 e. The molecule has 30 heavy (non-hydrogen) atoms. The number of aromatic nitrogens is 4. The first-order valence-corrected chi connectivity index (χ1v) is 10.8. The number of hydrogen-bond acceptors (Lipinski definition) is 5. The Morgan fingerprint density at radius 2 is 1.93 bits per heavy atom. The quantitative estimate of drug-likeness (QED) is 0.456. The molecule has 0 saturated carbocycles.